The molecular weight excluding hydrogens is 412 g/mol. The van der Waals surface area contributed by atoms with Gasteiger partial charge in [0.05, 0.1) is 20.3 Å². The third-order valence-corrected chi connectivity index (χ3v) is 4.31. The van der Waals surface area contributed by atoms with E-state index in [-0.39, 0.29) is 19.8 Å². The number of carbonyl (C=O) groups is 2. The van der Waals surface area contributed by atoms with E-state index in [1.807, 2.05) is 18.2 Å². The first-order valence-electron chi connectivity index (χ1n) is 9.39. The van der Waals surface area contributed by atoms with Crippen LogP contribution in [-0.4, -0.2) is 32.5 Å². The van der Waals surface area contributed by atoms with Gasteiger partial charge in [0.25, 0.3) is 0 Å². The van der Waals surface area contributed by atoms with Crippen molar-refractivity contribution in [2.45, 2.75) is 26.6 Å². The first-order chi connectivity index (χ1) is 14.5. The van der Waals surface area contributed by atoms with Gasteiger partial charge in [0.2, 0.25) is 0 Å². The van der Waals surface area contributed by atoms with Crippen LogP contribution in [0.3, 0.4) is 0 Å². The van der Waals surface area contributed by atoms with E-state index < -0.39 is 18.4 Å². The molecule has 162 valence electrons. The summed E-state index contributed by atoms with van der Waals surface area (Å²) in [4.78, 5) is 23.8. The number of amides is 2. The molecule has 0 spiro atoms. The van der Waals surface area contributed by atoms with Gasteiger partial charge in [-0.1, -0.05) is 35.9 Å². The molecule has 2 aromatic rings. The summed E-state index contributed by atoms with van der Waals surface area (Å²) in [5.41, 5.74) is 1.37. The highest BCUT2D eigenvalue weighted by Crippen LogP contribution is 2.31. The van der Waals surface area contributed by atoms with Gasteiger partial charge in [-0.25, -0.2) is 9.59 Å². The smallest absolute Gasteiger partial charge is 0.409 e. The molecule has 2 aromatic carbocycles. The predicted molar refractivity (Wildman–Crippen MR) is 112 cm³/mol. The molecule has 0 saturated carbocycles. The van der Waals surface area contributed by atoms with Gasteiger partial charge in [0.15, 0.2) is 11.5 Å². The lowest BCUT2D eigenvalue weighted by Gasteiger charge is -2.21. The Morgan fingerprint density at radius 1 is 0.967 bits per heavy atom. The van der Waals surface area contributed by atoms with Crippen LogP contribution in [0.15, 0.2) is 42.5 Å². The van der Waals surface area contributed by atoms with Crippen molar-refractivity contribution in [3.63, 3.8) is 0 Å². The standard InChI is InChI=1S/C21H25ClN2O6/c1-4-28-20(25)23-19(24-21(26)29-5-2)14-10-11-17(18(12-14)27-3)30-13-15-8-6-7-9-16(15)22/h6-12,19H,4-5,13H2,1-3H3,(H,23,25)(H,24,26). The predicted octanol–water partition coefficient (Wildman–Crippen LogP) is 4.42. The largest absolute Gasteiger partial charge is 0.493 e. The number of halogens is 1. The Balaban J connectivity index is 2.20. The van der Waals surface area contributed by atoms with Gasteiger partial charge in [-0.2, -0.15) is 0 Å². The normalized spacial score (nSPS) is 10.3. The van der Waals surface area contributed by atoms with E-state index in [9.17, 15) is 9.59 Å². The number of alkyl carbamates (subject to hydrolysis) is 2. The molecule has 0 atom stereocenters. The molecular formula is C21H25ClN2O6. The van der Waals surface area contributed by atoms with Crippen molar-refractivity contribution < 1.29 is 28.5 Å². The Kier molecular flexibility index (Phi) is 9.08. The average molecular weight is 437 g/mol. The third-order valence-electron chi connectivity index (χ3n) is 3.94. The molecule has 0 heterocycles. The molecule has 0 bridgehead atoms. The maximum atomic E-state index is 11.9. The molecule has 2 rings (SSSR count). The second kappa shape index (κ2) is 11.8. The number of hydrogen-bond donors (Lipinski definition) is 2. The number of nitrogens with one attached hydrogen (secondary N) is 2. The molecule has 9 heteroatoms. The molecule has 0 aliphatic rings. The highest BCUT2D eigenvalue weighted by atomic mass is 35.5. The van der Waals surface area contributed by atoms with Gasteiger partial charge >= 0.3 is 12.2 Å². The van der Waals surface area contributed by atoms with Crippen molar-refractivity contribution >= 4 is 23.8 Å². The Bertz CT molecular complexity index is 841. The van der Waals surface area contributed by atoms with Crippen molar-refractivity contribution in [3.8, 4) is 11.5 Å². The number of hydrogen-bond acceptors (Lipinski definition) is 6. The van der Waals surface area contributed by atoms with E-state index in [4.69, 9.17) is 30.5 Å². The molecule has 8 nitrogen and oxygen atoms in total. The van der Waals surface area contributed by atoms with Crippen LogP contribution in [0.25, 0.3) is 0 Å². The van der Waals surface area contributed by atoms with Gasteiger partial charge in [0.1, 0.15) is 12.8 Å². The van der Waals surface area contributed by atoms with Crippen LogP contribution in [-0.2, 0) is 16.1 Å². The van der Waals surface area contributed by atoms with Crippen LogP contribution in [0.1, 0.15) is 31.1 Å². The highest BCUT2D eigenvalue weighted by molar-refractivity contribution is 6.31. The Morgan fingerprint density at radius 2 is 1.60 bits per heavy atom. The number of ether oxygens (including phenoxy) is 4. The Labute approximate surface area is 180 Å². The summed E-state index contributed by atoms with van der Waals surface area (Å²) in [6.07, 6.45) is -2.26. The third kappa shape index (κ3) is 6.73. The summed E-state index contributed by atoms with van der Waals surface area (Å²) in [6.45, 7) is 4.00. The number of benzene rings is 2. The summed E-state index contributed by atoms with van der Waals surface area (Å²) in [7, 11) is 1.49. The van der Waals surface area contributed by atoms with E-state index in [0.29, 0.717) is 22.1 Å². The van der Waals surface area contributed by atoms with Crippen LogP contribution >= 0.6 is 11.6 Å². The first-order valence-corrected chi connectivity index (χ1v) is 9.77. The summed E-state index contributed by atoms with van der Waals surface area (Å²) in [5, 5.41) is 5.75. The summed E-state index contributed by atoms with van der Waals surface area (Å²) in [5.74, 6) is 0.896. The molecule has 0 aliphatic carbocycles. The fourth-order valence-electron chi connectivity index (χ4n) is 2.54. The van der Waals surface area contributed by atoms with Crippen LogP contribution in [0.5, 0.6) is 11.5 Å². The fraction of sp³-hybridized carbons (Fsp3) is 0.333. The maximum Gasteiger partial charge on any atom is 0.409 e. The summed E-state index contributed by atoms with van der Waals surface area (Å²) >= 11 is 6.16. The van der Waals surface area contributed by atoms with Gasteiger partial charge in [-0.05, 0) is 37.6 Å². The monoisotopic (exact) mass is 436 g/mol. The van der Waals surface area contributed by atoms with Crippen LogP contribution < -0.4 is 20.1 Å². The zero-order chi connectivity index (χ0) is 21.9. The van der Waals surface area contributed by atoms with Crippen molar-refractivity contribution in [1.82, 2.24) is 10.6 Å². The molecule has 0 fully saturated rings. The lowest BCUT2D eigenvalue weighted by molar-refractivity contribution is 0.135. The number of rotatable bonds is 9. The lowest BCUT2D eigenvalue weighted by Crippen LogP contribution is -2.41. The minimum Gasteiger partial charge on any atom is -0.493 e. The lowest BCUT2D eigenvalue weighted by atomic mass is 10.1. The molecule has 0 aliphatic heterocycles. The number of methoxy groups -OCH3 is 1. The van der Waals surface area contributed by atoms with Gasteiger partial charge in [0, 0.05) is 10.6 Å². The van der Waals surface area contributed by atoms with E-state index in [2.05, 4.69) is 10.6 Å². The highest BCUT2D eigenvalue weighted by Gasteiger charge is 2.20. The molecule has 2 amide bonds. The molecule has 0 saturated heterocycles. The minimum atomic E-state index is -0.894. The van der Waals surface area contributed by atoms with Gasteiger partial charge < -0.3 is 18.9 Å². The Hall–Kier alpha value is -3.13. The molecule has 0 unspecified atom stereocenters. The van der Waals surface area contributed by atoms with Crippen molar-refractivity contribution in [2.75, 3.05) is 20.3 Å². The van der Waals surface area contributed by atoms with Gasteiger partial charge in [-0.3, -0.25) is 10.6 Å². The van der Waals surface area contributed by atoms with E-state index in [1.54, 1.807) is 38.1 Å². The quantitative estimate of drug-likeness (QED) is 0.565. The molecule has 30 heavy (non-hydrogen) atoms. The van der Waals surface area contributed by atoms with E-state index in [1.165, 1.54) is 7.11 Å². The first kappa shape index (κ1) is 23.2. The Morgan fingerprint density at radius 3 is 2.17 bits per heavy atom. The fourth-order valence-corrected chi connectivity index (χ4v) is 2.73. The van der Waals surface area contributed by atoms with Crippen molar-refractivity contribution in [1.29, 1.82) is 0 Å². The summed E-state index contributed by atoms with van der Waals surface area (Å²) in [6, 6.07) is 12.4. The average Bonchev–Trinajstić information content (AvgIpc) is 2.73. The van der Waals surface area contributed by atoms with Crippen LogP contribution in [0.2, 0.25) is 5.02 Å². The van der Waals surface area contributed by atoms with Crippen molar-refractivity contribution in [3.05, 3.63) is 58.6 Å². The molecule has 0 radical (unpaired) electrons. The van der Waals surface area contributed by atoms with Crippen LogP contribution in [0.4, 0.5) is 9.59 Å². The van der Waals surface area contributed by atoms with E-state index in [0.717, 1.165) is 5.56 Å². The van der Waals surface area contributed by atoms with Gasteiger partial charge in [-0.15, -0.1) is 0 Å². The van der Waals surface area contributed by atoms with Crippen molar-refractivity contribution in [2.24, 2.45) is 0 Å². The molecule has 2 N–H and O–H groups in total. The van der Waals surface area contributed by atoms with Crippen LogP contribution in [0, 0.1) is 0 Å². The number of carbonyl (C=O) groups excluding carboxylic acids is 2. The minimum absolute atomic E-state index is 0.191. The topological polar surface area (TPSA) is 95.1 Å². The molecule has 0 aromatic heterocycles. The second-order valence-electron chi connectivity index (χ2n) is 5.95. The second-order valence-corrected chi connectivity index (χ2v) is 6.36. The zero-order valence-electron chi connectivity index (χ0n) is 17.1. The maximum absolute atomic E-state index is 11.9. The van der Waals surface area contributed by atoms with E-state index >= 15 is 0 Å². The summed E-state index contributed by atoms with van der Waals surface area (Å²) < 4.78 is 21.1. The zero-order valence-corrected chi connectivity index (χ0v) is 17.8. The SMILES string of the molecule is CCOC(=O)NC(NC(=O)OCC)c1ccc(OCc2ccccc2Cl)c(OC)c1.